The molecule has 0 bridgehead atoms. The summed E-state index contributed by atoms with van der Waals surface area (Å²) in [4.78, 5) is 2.57. The van der Waals surface area contributed by atoms with Crippen molar-refractivity contribution in [1.82, 2.24) is 4.98 Å². The standard InChI is InChI=1S/C8H3ClF7NO/c9-2-3-4(10)1-5(18-8(14,15)16)17-6(3)7(11,12)13/h1H,2H2. The van der Waals surface area contributed by atoms with Crippen molar-refractivity contribution in [3.63, 3.8) is 0 Å². The molecule has 0 saturated heterocycles. The quantitative estimate of drug-likeness (QED) is 0.610. The third-order valence-corrected chi connectivity index (χ3v) is 1.94. The van der Waals surface area contributed by atoms with Crippen LogP contribution in [-0.4, -0.2) is 11.3 Å². The fourth-order valence-electron chi connectivity index (χ4n) is 1.05. The molecule has 102 valence electrons. The third-order valence-electron chi connectivity index (χ3n) is 1.67. The van der Waals surface area contributed by atoms with Gasteiger partial charge in [-0.1, -0.05) is 0 Å². The second kappa shape index (κ2) is 4.79. The highest BCUT2D eigenvalue weighted by molar-refractivity contribution is 6.17. The number of halogens is 8. The van der Waals surface area contributed by atoms with Crippen LogP contribution >= 0.6 is 11.6 Å². The number of nitrogens with zero attached hydrogens (tertiary/aromatic N) is 1. The Morgan fingerprint density at radius 1 is 1.17 bits per heavy atom. The molecule has 0 saturated carbocycles. The van der Waals surface area contributed by atoms with E-state index in [0.29, 0.717) is 0 Å². The van der Waals surface area contributed by atoms with Crippen LogP contribution in [0.15, 0.2) is 6.07 Å². The Labute approximate surface area is 100 Å². The maximum atomic E-state index is 13.1. The number of ether oxygens (including phenoxy) is 1. The highest BCUT2D eigenvalue weighted by Gasteiger charge is 2.39. The van der Waals surface area contributed by atoms with E-state index in [-0.39, 0.29) is 6.07 Å². The largest absolute Gasteiger partial charge is 0.574 e. The van der Waals surface area contributed by atoms with Crippen LogP contribution in [0.3, 0.4) is 0 Å². The van der Waals surface area contributed by atoms with Crippen LogP contribution in [0.1, 0.15) is 11.3 Å². The van der Waals surface area contributed by atoms with Gasteiger partial charge in [0.2, 0.25) is 5.88 Å². The number of alkyl halides is 7. The average molecular weight is 298 g/mol. The van der Waals surface area contributed by atoms with Crippen molar-refractivity contribution in [2.45, 2.75) is 18.4 Å². The first-order valence-electron chi connectivity index (χ1n) is 4.13. The topological polar surface area (TPSA) is 22.1 Å². The maximum Gasteiger partial charge on any atom is 0.574 e. The molecular weight excluding hydrogens is 295 g/mol. The Kier molecular flexibility index (Phi) is 3.94. The molecule has 2 nitrogen and oxygen atoms in total. The second-order valence-corrected chi connectivity index (χ2v) is 3.22. The van der Waals surface area contributed by atoms with Crippen molar-refractivity contribution >= 4 is 11.6 Å². The first kappa shape index (κ1) is 14.8. The van der Waals surface area contributed by atoms with E-state index in [2.05, 4.69) is 9.72 Å². The lowest BCUT2D eigenvalue weighted by Crippen LogP contribution is -2.20. The van der Waals surface area contributed by atoms with E-state index in [0.717, 1.165) is 0 Å². The molecule has 1 rings (SSSR count). The molecule has 0 aliphatic heterocycles. The van der Waals surface area contributed by atoms with Gasteiger partial charge in [-0.3, -0.25) is 0 Å². The van der Waals surface area contributed by atoms with Gasteiger partial charge in [0.15, 0.2) is 5.69 Å². The minimum absolute atomic E-state index is 0.0838. The molecule has 1 heterocycles. The Hall–Kier alpha value is -1.25. The SMILES string of the molecule is Fc1cc(OC(F)(F)F)nc(C(F)(F)F)c1CCl. The summed E-state index contributed by atoms with van der Waals surface area (Å²) in [5.41, 5.74) is -2.89. The first-order chi connectivity index (χ1) is 8.04. The Morgan fingerprint density at radius 3 is 2.11 bits per heavy atom. The molecule has 1 aromatic heterocycles. The Morgan fingerprint density at radius 2 is 1.72 bits per heavy atom. The van der Waals surface area contributed by atoms with E-state index in [1.807, 2.05) is 0 Å². The van der Waals surface area contributed by atoms with Gasteiger partial charge >= 0.3 is 12.5 Å². The van der Waals surface area contributed by atoms with E-state index >= 15 is 0 Å². The lowest BCUT2D eigenvalue weighted by molar-refractivity contribution is -0.276. The molecule has 0 spiro atoms. The van der Waals surface area contributed by atoms with Gasteiger partial charge in [-0.15, -0.1) is 24.8 Å². The molecular formula is C8H3ClF7NO. The van der Waals surface area contributed by atoms with Crippen molar-refractivity contribution < 1.29 is 35.5 Å². The number of hydrogen-bond acceptors (Lipinski definition) is 2. The monoisotopic (exact) mass is 297 g/mol. The maximum absolute atomic E-state index is 13.1. The Balaban J connectivity index is 3.31. The molecule has 0 aromatic carbocycles. The normalized spacial score (nSPS) is 12.7. The molecule has 0 atom stereocenters. The smallest absolute Gasteiger partial charge is 0.388 e. The molecule has 0 amide bonds. The van der Waals surface area contributed by atoms with Crippen LogP contribution in [0.4, 0.5) is 30.7 Å². The van der Waals surface area contributed by atoms with Crippen LogP contribution in [0.5, 0.6) is 5.88 Å². The summed E-state index contributed by atoms with van der Waals surface area (Å²) < 4.78 is 88.9. The molecule has 1 aromatic rings. The van der Waals surface area contributed by atoms with E-state index in [9.17, 15) is 30.7 Å². The van der Waals surface area contributed by atoms with Crippen LogP contribution in [0, 0.1) is 5.82 Å². The number of rotatable bonds is 2. The van der Waals surface area contributed by atoms with E-state index in [4.69, 9.17) is 11.6 Å². The van der Waals surface area contributed by atoms with Gasteiger partial charge in [-0.05, 0) is 0 Å². The third kappa shape index (κ3) is 3.62. The summed E-state index contributed by atoms with van der Waals surface area (Å²) in [5, 5.41) is 0. The summed E-state index contributed by atoms with van der Waals surface area (Å²) in [5.74, 6) is -4.01. The zero-order valence-corrected chi connectivity index (χ0v) is 8.92. The number of hydrogen-bond donors (Lipinski definition) is 0. The van der Waals surface area contributed by atoms with Crippen LogP contribution in [-0.2, 0) is 12.1 Å². The molecule has 0 radical (unpaired) electrons. The van der Waals surface area contributed by atoms with Gasteiger partial charge in [-0.25, -0.2) is 9.37 Å². The molecule has 10 heteroatoms. The minimum Gasteiger partial charge on any atom is -0.388 e. The second-order valence-electron chi connectivity index (χ2n) is 2.95. The summed E-state index contributed by atoms with van der Waals surface area (Å²) in [7, 11) is 0. The molecule has 18 heavy (non-hydrogen) atoms. The zero-order chi connectivity index (χ0) is 14.1. The van der Waals surface area contributed by atoms with Crippen molar-refractivity contribution in [2.24, 2.45) is 0 Å². The summed E-state index contributed by atoms with van der Waals surface area (Å²) in [6.07, 6.45) is -10.4. The highest BCUT2D eigenvalue weighted by Crippen LogP contribution is 2.35. The van der Waals surface area contributed by atoms with Crippen molar-refractivity contribution in [3.05, 3.63) is 23.1 Å². The van der Waals surface area contributed by atoms with Crippen LogP contribution < -0.4 is 4.74 Å². The van der Waals surface area contributed by atoms with Crippen LogP contribution in [0.25, 0.3) is 0 Å². The van der Waals surface area contributed by atoms with Gasteiger partial charge in [0.25, 0.3) is 0 Å². The minimum atomic E-state index is -5.27. The van der Waals surface area contributed by atoms with E-state index in [1.165, 1.54) is 0 Å². The van der Waals surface area contributed by atoms with Crippen molar-refractivity contribution in [1.29, 1.82) is 0 Å². The molecule has 0 aliphatic carbocycles. The van der Waals surface area contributed by atoms with Crippen molar-refractivity contribution in [2.75, 3.05) is 0 Å². The molecule has 0 N–H and O–H groups in total. The van der Waals surface area contributed by atoms with E-state index < -0.39 is 41.4 Å². The predicted octanol–water partition coefficient (Wildman–Crippen LogP) is 3.88. The summed E-state index contributed by atoms with van der Waals surface area (Å²) >= 11 is 5.09. The van der Waals surface area contributed by atoms with Gasteiger partial charge in [0.1, 0.15) is 5.82 Å². The number of pyridine rings is 1. The number of aromatic nitrogens is 1. The van der Waals surface area contributed by atoms with Crippen molar-refractivity contribution in [3.8, 4) is 5.88 Å². The predicted molar refractivity (Wildman–Crippen MR) is 45.4 cm³/mol. The Bertz CT molecular complexity index is 442. The van der Waals surface area contributed by atoms with Crippen LogP contribution in [0.2, 0.25) is 0 Å². The van der Waals surface area contributed by atoms with Gasteiger partial charge in [-0.2, -0.15) is 13.2 Å². The fraction of sp³-hybridized carbons (Fsp3) is 0.375. The lowest BCUT2D eigenvalue weighted by atomic mass is 10.2. The highest BCUT2D eigenvalue weighted by atomic mass is 35.5. The lowest BCUT2D eigenvalue weighted by Gasteiger charge is -2.14. The summed E-state index contributed by atoms with van der Waals surface area (Å²) in [6, 6.07) is 0.0838. The molecule has 0 aliphatic rings. The first-order valence-corrected chi connectivity index (χ1v) is 4.66. The van der Waals surface area contributed by atoms with Gasteiger partial charge in [0.05, 0.1) is 5.88 Å². The molecule has 0 fully saturated rings. The fourth-order valence-corrected chi connectivity index (χ4v) is 1.31. The van der Waals surface area contributed by atoms with Gasteiger partial charge in [0, 0.05) is 11.6 Å². The van der Waals surface area contributed by atoms with Gasteiger partial charge < -0.3 is 4.74 Å². The van der Waals surface area contributed by atoms with E-state index in [1.54, 1.807) is 0 Å². The zero-order valence-electron chi connectivity index (χ0n) is 8.16. The average Bonchev–Trinajstić information content (AvgIpc) is 2.12. The summed E-state index contributed by atoms with van der Waals surface area (Å²) in [6.45, 7) is 0. The molecule has 0 unspecified atom stereocenters.